The first-order valence-corrected chi connectivity index (χ1v) is 8.68. The van der Waals surface area contributed by atoms with Crippen LogP contribution >= 0.6 is 22.9 Å². The highest BCUT2D eigenvalue weighted by molar-refractivity contribution is 7.15. The number of fused-ring (bicyclic) bond motifs is 1. The van der Waals surface area contributed by atoms with Gasteiger partial charge in [0.25, 0.3) is 0 Å². The van der Waals surface area contributed by atoms with E-state index >= 15 is 0 Å². The van der Waals surface area contributed by atoms with E-state index in [1.54, 1.807) is 17.4 Å². The summed E-state index contributed by atoms with van der Waals surface area (Å²) in [6.07, 6.45) is 4.80. The van der Waals surface area contributed by atoms with Crippen molar-refractivity contribution < 1.29 is 13.9 Å². The van der Waals surface area contributed by atoms with Crippen LogP contribution in [0.4, 0.5) is 4.39 Å². The van der Waals surface area contributed by atoms with Crippen molar-refractivity contribution in [3.63, 3.8) is 0 Å². The number of methoxy groups -OCH3 is 1. The quantitative estimate of drug-likeness (QED) is 0.679. The van der Waals surface area contributed by atoms with Gasteiger partial charge in [0.1, 0.15) is 11.6 Å². The molecule has 2 aromatic heterocycles. The second kappa shape index (κ2) is 7.25. The molecule has 5 nitrogen and oxygen atoms in total. The predicted molar refractivity (Wildman–Crippen MR) is 96.6 cm³/mol. The van der Waals surface area contributed by atoms with E-state index in [1.165, 1.54) is 42.7 Å². The second-order valence-corrected chi connectivity index (χ2v) is 6.52. The lowest BCUT2D eigenvalue weighted by atomic mass is 10.1. The number of aromatic nitrogens is 2. The number of halogens is 2. The first-order chi connectivity index (χ1) is 12.0. The van der Waals surface area contributed by atoms with E-state index in [0.717, 1.165) is 4.96 Å². The summed E-state index contributed by atoms with van der Waals surface area (Å²) in [5, 5.41) is 4.99. The fraction of sp³-hybridized carbons (Fsp3) is 0.176. The number of benzene rings is 1. The molecule has 3 aromatic rings. The number of rotatable bonds is 5. The van der Waals surface area contributed by atoms with Gasteiger partial charge in [0.05, 0.1) is 18.8 Å². The van der Waals surface area contributed by atoms with Crippen LogP contribution in [0.15, 0.2) is 35.9 Å². The van der Waals surface area contributed by atoms with E-state index in [9.17, 15) is 9.18 Å². The number of carbonyl (C=O) groups excluding carboxylic acids is 1. The molecule has 130 valence electrons. The standard InChI is InChI=1S/C17H15ClFN3O2S/c1-10(12-9-11(19)3-5-14(12)24-2)20-15(23)6-4-13-16(18)21-17-22(13)7-8-25-17/h3-10H,1-2H3,(H,20,23)/b6-4+/t10-/m0/s1. The zero-order valence-corrected chi connectivity index (χ0v) is 15.1. The predicted octanol–water partition coefficient (Wildman–Crippen LogP) is 4.09. The molecule has 0 bridgehead atoms. The summed E-state index contributed by atoms with van der Waals surface area (Å²) in [7, 11) is 1.50. The highest BCUT2D eigenvalue weighted by Gasteiger charge is 2.14. The number of hydrogen-bond donors (Lipinski definition) is 1. The Morgan fingerprint density at radius 2 is 2.32 bits per heavy atom. The number of hydrogen-bond acceptors (Lipinski definition) is 4. The summed E-state index contributed by atoms with van der Waals surface area (Å²) < 4.78 is 20.5. The van der Waals surface area contributed by atoms with Gasteiger partial charge in [-0.1, -0.05) is 11.6 Å². The van der Waals surface area contributed by atoms with Crippen LogP contribution in [0, 0.1) is 5.82 Å². The Labute approximate surface area is 152 Å². The van der Waals surface area contributed by atoms with Gasteiger partial charge in [-0.15, -0.1) is 11.3 Å². The lowest BCUT2D eigenvalue weighted by Gasteiger charge is -2.16. The minimum absolute atomic E-state index is 0.329. The van der Waals surface area contributed by atoms with Gasteiger partial charge in [0, 0.05) is 23.2 Å². The number of nitrogens with zero attached hydrogens (tertiary/aromatic N) is 2. The van der Waals surface area contributed by atoms with Crippen molar-refractivity contribution in [2.24, 2.45) is 0 Å². The normalized spacial score (nSPS) is 12.6. The molecule has 1 N–H and O–H groups in total. The van der Waals surface area contributed by atoms with Gasteiger partial charge >= 0.3 is 0 Å². The van der Waals surface area contributed by atoms with Gasteiger partial charge in [-0.2, -0.15) is 0 Å². The minimum atomic E-state index is -0.426. The molecule has 0 aliphatic heterocycles. The fourth-order valence-electron chi connectivity index (χ4n) is 2.46. The van der Waals surface area contributed by atoms with Crippen LogP contribution in [0.1, 0.15) is 24.2 Å². The molecule has 0 saturated carbocycles. The van der Waals surface area contributed by atoms with Gasteiger partial charge in [-0.25, -0.2) is 9.37 Å². The SMILES string of the molecule is COc1ccc(F)cc1[C@H](C)NC(=O)/C=C/c1c(Cl)nc2sccn12. The smallest absolute Gasteiger partial charge is 0.244 e. The monoisotopic (exact) mass is 379 g/mol. The Kier molecular flexibility index (Phi) is 5.06. The van der Waals surface area contributed by atoms with E-state index in [1.807, 2.05) is 11.6 Å². The molecule has 0 spiro atoms. The van der Waals surface area contributed by atoms with E-state index in [4.69, 9.17) is 16.3 Å². The summed E-state index contributed by atoms with van der Waals surface area (Å²) in [5.41, 5.74) is 1.19. The van der Waals surface area contributed by atoms with Crippen molar-refractivity contribution in [3.05, 3.63) is 58.1 Å². The van der Waals surface area contributed by atoms with Gasteiger partial charge in [-0.05, 0) is 31.2 Å². The third-order valence-corrected chi connectivity index (χ3v) is 4.70. The zero-order valence-electron chi connectivity index (χ0n) is 13.5. The molecule has 8 heteroatoms. The maximum absolute atomic E-state index is 13.5. The lowest BCUT2D eigenvalue weighted by molar-refractivity contribution is -0.117. The van der Waals surface area contributed by atoms with Gasteiger partial charge in [0.2, 0.25) is 5.91 Å². The van der Waals surface area contributed by atoms with E-state index < -0.39 is 11.9 Å². The molecule has 0 radical (unpaired) electrons. The second-order valence-electron chi connectivity index (χ2n) is 5.29. The first-order valence-electron chi connectivity index (χ1n) is 7.42. The van der Waals surface area contributed by atoms with Crippen molar-refractivity contribution in [2.75, 3.05) is 7.11 Å². The van der Waals surface area contributed by atoms with Gasteiger partial charge in [-0.3, -0.25) is 9.20 Å². The molecule has 1 aromatic carbocycles. The van der Waals surface area contributed by atoms with Gasteiger partial charge in [0.15, 0.2) is 10.1 Å². The average Bonchev–Trinajstić information content (AvgIpc) is 3.13. The van der Waals surface area contributed by atoms with Crippen LogP contribution in [-0.4, -0.2) is 22.4 Å². The molecule has 25 heavy (non-hydrogen) atoms. The third-order valence-electron chi connectivity index (χ3n) is 3.66. The molecular weight excluding hydrogens is 365 g/mol. The molecule has 0 fully saturated rings. The molecular formula is C17H15ClFN3O2S. The molecule has 1 amide bonds. The zero-order chi connectivity index (χ0) is 18.0. The van der Waals surface area contributed by atoms with Crippen molar-refractivity contribution in [2.45, 2.75) is 13.0 Å². The summed E-state index contributed by atoms with van der Waals surface area (Å²) in [6, 6.07) is 3.76. The highest BCUT2D eigenvalue weighted by Crippen LogP contribution is 2.26. The van der Waals surface area contributed by atoms with Crippen molar-refractivity contribution in [1.29, 1.82) is 0 Å². The number of imidazole rings is 1. The van der Waals surface area contributed by atoms with Crippen molar-refractivity contribution in [3.8, 4) is 5.75 Å². The lowest BCUT2D eigenvalue weighted by Crippen LogP contribution is -2.25. The van der Waals surface area contributed by atoms with Crippen LogP contribution < -0.4 is 10.1 Å². The maximum Gasteiger partial charge on any atom is 0.244 e. The molecule has 3 rings (SSSR count). The Balaban J connectivity index is 1.75. The summed E-state index contributed by atoms with van der Waals surface area (Å²) >= 11 is 7.54. The van der Waals surface area contributed by atoms with Crippen LogP contribution in [0.2, 0.25) is 5.15 Å². The van der Waals surface area contributed by atoms with Crippen LogP contribution in [0.5, 0.6) is 5.75 Å². The van der Waals surface area contributed by atoms with Crippen LogP contribution in [0.25, 0.3) is 11.0 Å². The van der Waals surface area contributed by atoms with E-state index in [0.29, 0.717) is 22.2 Å². The minimum Gasteiger partial charge on any atom is -0.496 e. The topological polar surface area (TPSA) is 55.6 Å². The average molecular weight is 380 g/mol. The summed E-state index contributed by atoms with van der Waals surface area (Å²) in [4.78, 5) is 17.1. The van der Waals surface area contributed by atoms with Gasteiger partial charge < -0.3 is 10.1 Å². The third kappa shape index (κ3) is 3.67. The molecule has 0 aliphatic carbocycles. The first kappa shape index (κ1) is 17.4. The molecule has 0 saturated heterocycles. The molecule has 2 heterocycles. The Bertz CT molecular complexity index is 951. The number of carbonyl (C=O) groups is 1. The maximum atomic E-state index is 13.5. The van der Waals surface area contributed by atoms with Crippen molar-refractivity contribution in [1.82, 2.24) is 14.7 Å². The Morgan fingerprint density at radius 1 is 1.52 bits per heavy atom. The summed E-state index contributed by atoms with van der Waals surface area (Å²) in [6.45, 7) is 1.76. The van der Waals surface area contributed by atoms with E-state index in [2.05, 4.69) is 10.3 Å². The fourth-order valence-corrected chi connectivity index (χ4v) is 3.47. The number of ether oxygens (including phenoxy) is 1. The molecule has 0 unspecified atom stereocenters. The summed E-state index contributed by atoms with van der Waals surface area (Å²) in [5.74, 6) is -0.213. The Hall–Kier alpha value is -2.38. The highest BCUT2D eigenvalue weighted by atomic mass is 35.5. The van der Waals surface area contributed by atoms with Crippen LogP contribution in [-0.2, 0) is 4.79 Å². The van der Waals surface area contributed by atoms with Crippen LogP contribution in [0.3, 0.4) is 0 Å². The number of amides is 1. The molecule has 1 atom stereocenters. The number of thiazole rings is 1. The molecule has 0 aliphatic rings. The van der Waals surface area contributed by atoms with E-state index in [-0.39, 0.29) is 5.91 Å². The van der Waals surface area contributed by atoms with Crippen molar-refractivity contribution >= 4 is 39.9 Å². The largest absolute Gasteiger partial charge is 0.496 e. The number of nitrogens with one attached hydrogen (secondary N) is 1. The Morgan fingerprint density at radius 3 is 3.08 bits per heavy atom.